The van der Waals surface area contributed by atoms with Crippen LogP contribution in [0, 0.1) is 13.8 Å². The summed E-state index contributed by atoms with van der Waals surface area (Å²) < 4.78 is 48.5. The number of ether oxygens (including phenoxy) is 3. The molecule has 0 saturated carbocycles. The number of benzene rings is 1. The molecule has 0 unspecified atom stereocenters. The molecule has 0 aliphatic rings. The lowest BCUT2D eigenvalue weighted by Crippen LogP contribution is -2.34. The predicted octanol–water partition coefficient (Wildman–Crippen LogP) is 3.72. The molecule has 0 aliphatic carbocycles. The van der Waals surface area contributed by atoms with Crippen LogP contribution in [-0.4, -0.2) is 64.2 Å². The number of methoxy groups -OCH3 is 2. The summed E-state index contributed by atoms with van der Waals surface area (Å²) in [6, 6.07) is 5.23. The first-order valence-electron chi connectivity index (χ1n) is 11.7. The molecular formula is C24H29N7O5S2. The van der Waals surface area contributed by atoms with E-state index in [1.165, 1.54) is 37.0 Å². The van der Waals surface area contributed by atoms with E-state index in [0.717, 1.165) is 11.3 Å². The Labute approximate surface area is 225 Å². The first kappa shape index (κ1) is 27.4. The zero-order valence-corrected chi connectivity index (χ0v) is 23.5. The van der Waals surface area contributed by atoms with Crippen molar-refractivity contribution in [2.24, 2.45) is 0 Å². The number of nitrogens with one attached hydrogen (secondary N) is 1. The van der Waals surface area contributed by atoms with E-state index in [4.69, 9.17) is 14.2 Å². The highest BCUT2D eigenvalue weighted by Gasteiger charge is 2.35. The maximum Gasteiger partial charge on any atom is 0.243 e. The molecule has 1 N–H and O–H groups in total. The Morgan fingerprint density at radius 2 is 1.74 bits per heavy atom. The number of hydrogen-bond acceptors (Lipinski definition) is 11. The van der Waals surface area contributed by atoms with Crippen molar-refractivity contribution >= 4 is 27.3 Å². The standard InChI is InChI=1S/C24H29N7O5S2/c1-7-36-20(21-25-11-14(2)12-26-21)16(4)38(32,33)30-24-29-28-22(23-27-15(3)13-37-23)31(24)19-17(34-5)9-8-10-18(19)35-6/h8-13,16,20H,7H2,1-6H3,(H,29,30)/t16-,20-/m0/s1. The molecule has 0 bridgehead atoms. The monoisotopic (exact) mass is 559 g/mol. The van der Waals surface area contributed by atoms with Gasteiger partial charge in [0, 0.05) is 30.1 Å². The number of sulfonamides is 1. The fourth-order valence-corrected chi connectivity index (χ4v) is 5.61. The lowest BCUT2D eigenvalue weighted by molar-refractivity contribution is 0.0557. The van der Waals surface area contributed by atoms with Gasteiger partial charge >= 0.3 is 0 Å². The second kappa shape index (κ2) is 11.4. The second-order valence-corrected chi connectivity index (χ2v) is 11.2. The van der Waals surface area contributed by atoms with Gasteiger partial charge in [0.05, 0.1) is 14.2 Å². The summed E-state index contributed by atoms with van der Waals surface area (Å²) in [6.07, 6.45) is 2.32. The molecule has 2 atom stereocenters. The van der Waals surface area contributed by atoms with Crippen LogP contribution in [0.5, 0.6) is 11.5 Å². The number of anilines is 1. The molecule has 12 nitrogen and oxygen atoms in total. The molecule has 0 spiro atoms. The van der Waals surface area contributed by atoms with Crippen molar-refractivity contribution in [3.8, 4) is 28.0 Å². The van der Waals surface area contributed by atoms with Gasteiger partial charge in [0.1, 0.15) is 28.5 Å². The van der Waals surface area contributed by atoms with Crippen molar-refractivity contribution in [3.63, 3.8) is 0 Å². The molecule has 0 fully saturated rings. The Hall–Kier alpha value is -3.62. The van der Waals surface area contributed by atoms with Crippen LogP contribution in [0.4, 0.5) is 5.95 Å². The average Bonchev–Trinajstić information content (AvgIpc) is 3.52. The molecule has 202 valence electrons. The van der Waals surface area contributed by atoms with Crippen LogP contribution in [0.25, 0.3) is 16.5 Å². The van der Waals surface area contributed by atoms with E-state index >= 15 is 0 Å². The van der Waals surface area contributed by atoms with Gasteiger partial charge in [-0.25, -0.2) is 23.4 Å². The van der Waals surface area contributed by atoms with Crippen molar-refractivity contribution in [1.29, 1.82) is 0 Å². The van der Waals surface area contributed by atoms with E-state index < -0.39 is 21.4 Å². The molecule has 0 saturated heterocycles. The Bertz CT molecular complexity index is 1480. The summed E-state index contributed by atoms with van der Waals surface area (Å²) in [7, 11) is -1.08. The third-order valence-electron chi connectivity index (χ3n) is 5.65. The fraction of sp³-hybridized carbons (Fsp3) is 0.375. The van der Waals surface area contributed by atoms with Gasteiger partial charge < -0.3 is 14.2 Å². The highest BCUT2D eigenvalue weighted by molar-refractivity contribution is 7.93. The first-order chi connectivity index (χ1) is 18.2. The molecular weight excluding hydrogens is 530 g/mol. The largest absolute Gasteiger partial charge is 0.494 e. The summed E-state index contributed by atoms with van der Waals surface area (Å²) >= 11 is 1.36. The van der Waals surface area contributed by atoms with E-state index in [1.54, 1.807) is 37.5 Å². The van der Waals surface area contributed by atoms with Crippen LogP contribution < -0.4 is 14.2 Å². The summed E-state index contributed by atoms with van der Waals surface area (Å²) in [5.41, 5.74) is 2.06. The highest BCUT2D eigenvalue weighted by Crippen LogP contribution is 2.38. The smallest absolute Gasteiger partial charge is 0.243 e. The van der Waals surface area contributed by atoms with E-state index in [9.17, 15) is 8.42 Å². The van der Waals surface area contributed by atoms with Crippen LogP contribution in [0.15, 0.2) is 36.0 Å². The van der Waals surface area contributed by atoms with E-state index in [1.807, 2.05) is 19.2 Å². The van der Waals surface area contributed by atoms with Crippen molar-refractivity contribution in [2.45, 2.75) is 39.0 Å². The maximum absolute atomic E-state index is 13.7. The topological polar surface area (TPSA) is 143 Å². The summed E-state index contributed by atoms with van der Waals surface area (Å²) in [6.45, 7) is 7.28. The molecule has 14 heteroatoms. The Morgan fingerprint density at radius 3 is 2.29 bits per heavy atom. The summed E-state index contributed by atoms with van der Waals surface area (Å²) in [5.74, 6) is 1.36. The minimum Gasteiger partial charge on any atom is -0.494 e. The third kappa shape index (κ3) is 5.47. The van der Waals surface area contributed by atoms with Gasteiger partial charge in [-0.2, -0.15) is 0 Å². The molecule has 3 heterocycles. The quantitative estimate of drug-likeness (QED) is 0.289. The number of aryl methyl sites for hydroxylation is 2. The zero-order valence-electron chi connectivity index (χ0n) is 21.9. The predicted molar refractivity (Wildman–Crippen MR) is 143 cm³/mol. The molecule has 38 heavy (non-hydrogen) atoms. The second-order valence-electron chi connectivity index (χ2n) is 8.33. The maximum atomic E-state index is 13.7. The lowest BCUT2D eigenvalue weighted by atomic mass is 10.2. The van der Waals surface area contributed by atoms with Crippen LogP contribution in [-0.2, 0) is 14.8 Å². The van der Waals surface area contributed by atoms with Gasteiger partial charge in [-0.05, 0) is 45.4 Å². The summed E-state index contributed by atoms with van der Waals surface area (Å²) in [4.78, 5) is 13.1. The number of thiazole rings is 1. The molecule has 0 aliphatic heterocycles. The number of para-hydroxylation sites is 1. The normalized spacial score (nSPS) is 13.2. The number of rotatable bonds is 11. The minimum absolute atomic E-state index is 0.0671. The SMILES string of the molecule is CCO[C@H](c1ncc(C)cn1)[C@H](C)S(=O)(=O)Nc1nnc(-c2nc(C)cs2)n1-c1c(OC)cccc1OC. The third-order valence-corrected chi connectivity index (χ3v) is 8.30. The average molecular weight is 560 g/mol. The van der Waals surface area contributed by atoms with Crippen molar-refractivity contribution in [1.82, 2.24) is 29.7 Å². The first-order valence-corrected chi connectivity index (χ1v) is 14.1. The van der Waals surface area contributed by atoms with Crippen LogP contribution >= 0.6 is 11.3 Å². The molecule has 4 rings (SSSR count). The van der Waals surface area contributed by atoms with Crippen LogP contribution in [0.3, 0.4) is 0 Å². The van der Waals surface area contributed by atoms with Crippen molar-refractivity contribution in [3.05, 3.63) is 53.1 Å². The molecule has 1 aromatic carbocycles. The van der Waals surface area contributed by atoms with E-state index in [2.05, 4.69) is 29.9 Å². The number of hydrogen-bond donors (Lipinski definition) is 1. The minimum atomic E-state index is -4.10. The van der Waals surface area contributed by atoms with Crippen molar-refractivity contribution in [2.75, 3.05) is 25.5 Å². The number of aromatic nitrogens is 6. The Morgan fingerprint density at radius 1 is 1.08 bits per heavy atom. The number of nitrogens with zero attached hydrogens (tertiary/aromatic N) is 6. The van der Waals surface area contributed by atoms with Gasteiger partial charge in [0.2, 0.25) is 16.0 Å². The molecule has 3 aromatic heterocycles. The van der Waals surface area contributed by atoms with Crippen LogP contribution in [0.2, 0.25) is 0 Å². The fourth-order valence-electron chi connectivity index (χ4n) is 3.74. The lowest BCUT2D eigenvalue weighted by Gasteiger charge is -2.23. The zero-order chi connectivity index (χ0) is 27.4. The van der Waals surface area contributed by atoms with Gasteiger partial charge in [-0.15, -0.1) is 21.5 Å². The van der Waals surface area contributed by atoms with E-state index in [-0.39, 0.29) is 18.4 Å². The van der Waals surface area contributed by atoms with E-state index in [0.29, 0.717) is 28.0 Å². The Balaban J connectivity index is 1.82. The van der Waals surface area contributed by atoms with Gasteiger partial charge in [-0.1, -0.05) is 6.07 Å². The molecule has 0 amide bonds. The van der Waals surface area contributed by atoms with Gasteiger partial charge in [0.25, 0.3) is 0 Å². The Kier molecular flexibility index (Phi) is 8.23. The molecule has 0 radical (unpaired) electrons. The highest BCUT2D eigenvalue weighted by atomic mass is 32.2. The van der Waals surface area contributed by atoms with Gasteiger partial charge in [0.15, 0.2) is 16.7 Å². The van der Waals surface area contributed by atoms with Crippen LogP contribution in [0.1, 0.15) is 37.0 Å². The molecule has 4 aromatic rings. The van der Waals surface area contributed by atoms with Gasteiger partial charge in [-0.3, -0.25) is 9.29 Å². The summed E-state index contributed by atoms with van der Waals surface area (Å²) in [5, 5.41) is 9.81. The van der Waals surface area contributed by atoms with Crippen molar-refractivity contribution < 1.29 is 22.6 Å².